The molecule has 1 saturated heterocycles. The zero-order chi connectivity index (χ0) is 18.2. The highest BCUT2D eigenvalue weighted by Gasteiger charge is 2.29. The summed E-state index contributed by atoms with van der Waals surface area (Å²) in [5.74, 6) is -0.954. The molecule has 2 rings (SSSR count). The summed E-state index contributed by atoms with van der Waals surface area (Å²) >= 11 is 2.30. The number of amides is 3. The highest BCUT2D eigenvalue weighted by Crippen LogP contribution is 2.21. The zero-order valence-electron chi connectivity index (χ0n) is 13.6. The summed E-state index contributed by atoms with van der Waals surface area (Å²) < 4.78 is 4.91. The van der Waals surface area contributed by atoms with Crippen LogP contribution in [0.15, 0.2) is 29.2 Å². The summed E-state index contributed by atoms with van der Waals surface area (Å²) in [5, 5.41) is 2.20. The largest absolute Gasteiger partial charge is 0.455 e. The van der Waals surface area contributed by atoms with Gasteiger partial charge in [-0.3, -0.25) is 24.1 Å². The van der Waals surface area contributed by atoms with E-state index in [1.54, 1.807) is 0 Å². The van der Waals surface area contributed by atoms with Crippen molar-refractivity contribution in [1.82, 2.24) is 10.2 Å². The van der Waals surface area contributed by atoms with Gasteiger partial charge >= 0.3 is 5.97 Å². The molecule has 0 unspecified atom stereocenters. The second-order valence-electron chi connectivity index (χ2n) is 5.16. The quantitative estimate of drug-likeness (QED) is 0.537. The summed E-state index contributed by atoms with van der Waals surface area (Å²) in [4.78, 5) is 48.1. The second kappa shape index (κ2) is 9.47. The molecule has 0 bridgehead atoms. The first-order chi connectivity index (χ1) is 12.0. The van der Waals surface area contributed by atoms with E-state index in [2.05, 4.69) is 5.32 Å². The van der Waals surface area contributed by atoms with Gasteiger partial charge in [-0.2, -0.15) is 0 Å². The monoisotopic (exact) mass is 382 g/mol. The van der Waals surface area contributed by atoms with E-state index >= 15 is 0 Å². The minimum atomic E-state index is -0.482. The lowest BCUT2D eigenvalue weighted by atomic mass is 10.2. The average Bonchev–Trinajstić information content (AvgIpc) is 2.91. The summed E-state index contributed by atoms with van der Waals surface area (Å²) in [7, 11) is 0. The molecule has 1 aromatic carbocycles. The second-order valence-corrected chi connectivity index (χ2v) is 7.11. The number of hydrogen-bond acceptors (Lipinski definition) is 7. The Kier molecular flexibility index (Phi) is 7.32. The van der Waals surface area contributed by atoms with E-state index in [0.29, 0.717) is 0 Å². The summed E-state index contributed by atoms with van der Waals surface area (Å²) in [6, 6.07) is 7.68. The van der Waals surface area contributed by atoms with Crippen molar-refractivity contribution in [2.45, 2.75) is 11.8 Å². The molecule has 1 heterocycles. The van der Waals surface area contributed by atoms with Crippen molar-refractivity contribution in [1.29, 1.82) is 0 Å². The van der Waals surface area contributed by atoms with Gasteiger partial charge in [0.05, 0.1) is 11.5 Å². The van der Waals surface area contributed by atoms with E-state index < -0.39 is 11.9 Å². The van der Waals surface area contributed by atoms with Crippen molar-refractivity contribution < 1.29 is 23.9 Å². The predicted molar refractivity (Wildman–Crippen MR) is 95.4 cm³/mol. The number of imide groups is 1. The van der Waals surface area contributed by atoms with Crippen LogP contribution in [-0.2, 0) is 19.1 Å². The maximum Gasteiger partial charge on any atom is 0.316 e. The Labute approximate surface area is 153 Å². The molecule has 0 aliphatic carbocycles. The number of benzene rings is 1. The average molecular weight is 382 g/mol. The first-order valence-electron chi connectivity index (χ1n) is 7.55. The van der Waals surface area contributed by atoms with E-state index in [0.717, 1.165) is 27.1 Å². The van der Waals surface area contributed by atoms with Gasteiger partial charge in [-0.1, -0.05) is 30.0 Å². The fraction of sp³-hybridized carbons (Fsp3) is 0.375. The Morgan fingerprint density at radius 2 is 2.08 bits per heavy atom. The number of esters is 1. The van der Waals surface area contributed by atoms with Gasteiger partial charge in [0.1, 0.15) is 0 Å². The van der Waals surface area contributed by atoms with Crippen molar-refractivity contribution in [3.05, 3.63) is 29.8 Å². The Morgan fingerprint density at radius 3 is 2.76 bits per heavy atom. The SMILES string of the molecule is Cc1ccccc1SCC(=O)OCC(=O)NCCN1C(=O)CSC1=O. The molecule has 1 N–H and O–H groups in total. The topological polar surface area (TPSA) is 92.8 Å². The Balaban J connectivity index is 1.61. The van der Waals surface area contributed by atoms with Crippen LogP contribution in [0, 0.1) is 6.92 Å². The predicted octanol–water partition coefficient (Wildman–Crippen LogP) is 1.44. The van der Waals surface area contributed by atoms with Crippen molar-refractivity contribution in [3.8, 4) is 0 Å². The number of aryl methyl sites for hydroxylation is 1. The normalized spacial score (nSPS) is 13.9. The molecule has 3 amide bonds. The lowest BCUT2D eigenvalue weighted by Gasteiger charge is -2.13. The number of rotatable bonds is 8. The number of thioether (sulfide) groups is 2. The number of nitrogens with zero attached hydrogens (tertiary/aromatic N) is 1. The van der Waals surface area contributed by atoms with Crippen LogP contribution in [0.25, 0.3) is 0 Å². The van der Waals surface area contributed by atoms with Gasteiger partial charge in [0.25, 0.3) is 11.1 Å². The standard InChI is InChI=1S/C16H18N2O5S2/c1-11-4-2-3-5-12(11)24-10-15(21)23-8-13(19)17-6-7-18-14(20)9-25-16(18)22/h2-5H,6-10H2,1H3,(H,17,19). The van der Waals surface area contributed by atoms with Crippen LogP contribution in [-0.4, -0.2) is 59.1 Å². The molecule has 134 valence electrons. The Morgan fingerprint density at radius 1 is 1.32 bits per heavy atom. The molecule has 0 spiro atoms. The maximum atomic E-state index is 11.7. The highest BCUT2D eigenvalue weighted by atomic mass is 32.2. The molecule has 7 nitrogen and oxygen atoms in total. The van der Waals surface area contributed by atoms with E-state index in [-0.39, 0.29) is 42.3 Å². The van der Waals surface area contributed by atoms with Crippen molar-refractivity contribution in [2.75, 3.05) is 31.2 Å². The molecule has 1 aromatic rings. The lowest BCUT2D eigenvalue weighted by molar-refractivity contribution is -0.145. The molecular weight excluding hydrogens is 364 g/mol. The molecule has 1 aliphatic heterocycles. The molecule has 0 saturated carbocycles. The lowest BCUT2D eigenvalue weighted by Crippen LogP contribution is -2.38. The molecule has 9 heteroatoms. The van der Waals surface area contributed by atoms with Gasteiger partial charge in [-0.25, -0.2) is 0 Å². The number of carbonyl (C=O) groups is 4. The zero-order valence-corrected chi connectivity index (χ0v) is 15.3. The first-order valence-corrected chi connectivity index (χ1v) is 9.52. The number of ether oxygens (including phenoxy) is 1. The van der Waals surface area contributed by atoms with Crippen LogP contribution in [0.4, 0.5) is 4.79 Å². The first kappa shape index (κ1) is 19.3. The van der Waals surface area contributed by atoms with Gasteiger partial charge in [-0.05, 0) is 18.6 Å². The van der Waals surface area contributed by atoms with Crippen LogP contribution in [0.1, 0.15) is 5.56 Å². The molecule has 1 aliphatic rings. The molecule has 0 atom stereocenters. The minimum Gasteiger partial charge on any atom is -0.455 e. The third-order valence-electron chi connectivity index (χ3n) is 3.30. The van der Waals surface area contributed by atoms with Crippen molar-refractivity contribution >= 4 is 46.5 Å². The van der Waals surface area contributed by atoms with Crippen LogP contribution in [0.3, 0.4) is 0 Å². The van der Waals surface area contributed by atoms with Crippen LogP contribution in [0.5, 0.6) is 0 Å². The highest BCUT2D eigenvalue weighted by molar-refractivity contribution is 8.14. The third kappa shape index (κ3) is 6.09. The van der Waals surface area contributed by atoms with Crippen LogP contribution >= 0.6 is 23.5 Å². The summed E-state index contributed by atoms with van der Waals surface area (Å²) in [5.41, 5.74) is 1.07. The van der Waals surface area contributed by atoms with E-state index in [4.69, 9.17) is 4.74 Å². The Hall–Kier alpha value is -2.00. The Bertz CT molecular complexity index is 664. The number of hydrogen-bond donors (Lipinski definition) is 1. The number of carbonyl (C=O) groups excluding carboxylic acids is 4. The van der Waals surface area contributed by atoms with E-state index in [1.165, 1.54) is 11.8 Å². The smallest absolute Gasteiger partial charge is 0.316 e. The van der Waals surface area contributed by atoms with Crippen molar-refractivity contribution in [3.63, 3.8) is 0 Å². The molecule has 0 aromatic heterocycles. The van der Waals surface area contributed by atoms with E-state index in [9.17, 15) is 19.2 Å². The molecule has 25 heavy (non-hydrogen) atoms. The van der Waals surface area contributed by atoms with Gasteiger partial charge in [-0.15, -0.1) is 11.8 Å². The van der Waals surface area contributed by atoms with Gasteiger partial charge in [0.2, 0.25) is 5.91 Å². The minimum absolute atomic E-state index is 0.117. The fourth-order valence-corrected chi connectivity index (χ4v) is 3.58. The summed E-state index contributed by atoms with van der Waals surface area (Å²) in [6.07, 6.45) is 0. The molecule has 0 radical (unpaired) electrons. The maximum absolute atomic E-state index is 11.7. The van der Waals surface area contributed by atoms with Gasteiger partial charge < -0.3 is 10.1 Å². The van der Waals surface area contributed by atoms with E-state index in [1.807, 2.05) is 31.2 Å². The molecular formula is C16H18N2O5S2. The molecule has 1 fully saturated rings. The number of nitrogens with one attached hydrogen (secondary N) is 1. The van der Waals surface area contributed by atoms with Crippen LogP contribution < -0.4 is 5.32 Å². The third-order valence-corrected chi connectivity index (χ3v) is 5.31. The van der Waals surface area contributed by atoms with Crippen LogP contribution in [0.2, 0.25) is 0 Å². The fourth-order valence-electron chi connectivity index (χ4n) is 2.00. The van der Waals surface area contributed by atoms with Gasteiger partial charge in [0, 0.05) is 18.0 Å². The van der Waals surface area contributed by atoms with Gasteiger partial charge in [0.15, 0.2) is 6.61 Å². The summed E-state index contributed by atoms with van der Waals surface area (Å²) in [6.45, 7) is 1.82. The van der Waals surface area contributed by atoms with Crippen molar-refractivity contribution in [2.24, 2.45) is 0 Å².